The smallest absolute Gasteiger partial charge is 0.320 e. The van der Waals surface area contributed by atoms with Crippen molar-refractivity contribution >= 4 is 0 Å². The number of aryl methyl sites for hydroxylation is 1. The number of hydrogen-bond acceptors (Lipinski definition) is 1. The second-order valence-electron chi connectivity index (χ2n) is 4.79. The molecule has 1 nitrogen and oxygen atoms in total. The van der Waals surface area contributed by atoms with E-state index in [2.05, 4.69) is 4.74 Å². The summed E-state index contributed by atoms with van der Waals surface area (Å²) in [5.74, 6) is -0.569. The molecule has 0 saturated carbocycles. The highest BCUT2D eigenvalue weighted by molar-refractivity contribution is 5.27. The van der Waals surface area contributed by atoms with E-state index in [0.717, 1.165) is 18.4 Å². The van der Waals surface area contributed by atoms with Crippen LogP contribution in [-0.2, 0) is 11.2 Å². The molecule has 1 aliphatic rings. The molecule has 0 bridgehead atoms. The summed E-state index contributed by atoms with van der Waals surface area (Å²) < 4.78 is 44.1. The van der Waals surface area contributed by atoms with Crippen molar-refractivity contribution in [3.05, 3.63) is 35.1 Å². The fraction of sp³-hybridized carbons (Fsp3) is 0.571. The first-order valence-corrected chi connectivity index (χ1v) is 6.32. The summed E-state index contributed by atoms with van der Waals surface area (Å²) >= 11 is 0. The zero-order chi connectivity index (χ0) is 13.2. The third-order valence-corrected chi connectivity index (χ3v) is 3.32. The van der Waals surface area contributed by atoms with Gasteiger partial charge in [-0.1, -0.05) is 25.5 Å². The summed E-state index contributed by atoms with van der Waals surface area (Å²) in [4.78, 5) is 0. The number of rotatable bonds is 3. The maximum atomic E-state index is 13.9. The molecule has 0 aromatic heterocycles. The van der Waals surface area contributed by atoms with Gasteiger partial charge in [0, 0.05) is 12.3 Å². The van der Waals surface area contributed by atoms with Gasteiger partial charge in [0.05, 0.1) is 6.61 Å². The molecule has 0 spiro atoms. The highest BCUT2D eigenvalue weighted by Crippen LogP contribution is 2.36. The van der Waals surface area contributed by atoms with E-state index in [4.69, 9.17) is 0 Å². The van der Waals surface area contributed by atoms with E-state index in [9.17, 15) is 13.2 Å². The van der Waals surface area contributed by atoms with E-state index >= 15 is 0 Å². The Morgan fingerprint density at radius 2 is 2.17 bits per heavy atom. The van der Waals surface area contributed by atoms with E-state index < -0.39 is 6.11 Å². The maximum Gasteiger partial charge on any atom is 0.355 e. The number of ether oxygens (including phenoxy) is 1. The molecule has 18 heavy (non-hydrogen) atoms. The molecule has 1 atom stereocenters. The number of alkyl halides is 2. The van der Waals surface area contributed by atoms with E-state index in [0.29, 0.717) is 5.56 Å². The molecule has 1 unspecified atom stereocenters. The molecule has 1 aliphatic heterocycles. The van der Waals surface area contributed by atoms with Crippen LogP contribution in [0.25, 0.3) is 0 Å². The normalized spacial score (nSPS) is 23.0. The topological polar surface area (TPSA) is 9.23 Å². The van der Waals surface area contributed by atoms with Crippen molar-refractivity contribution in [2.24, 2.45) is 0 Å². The van der Waals surface area contributed by atoms with Crippen LogP contribution in [0, 0.1) is 5.82 Å². The van der Waals surface area contributed by atoms with Crippen LogP contribution in [0.5, 0.6) is 0 Å². The molecule has 1 saturated heterocycles. The first kappa shape index (κ1) is 13.4. The molecule has 4 heteroatoms. The maximum absolute atomic E-state index is 13.9. The van der Waals surface area contributed by atoms with Crippen LogP contribution in [0.3, 0.4) is 0 Å². The minimum absolute atomic E-state index is 0.114. The Bertz CT molecular complexity index is 408. The SMILES string of the molecule is CCCc1ccc(C2CCC(F)(F)OC2)c(F)c1. The Morgan fingerprint density at radius 1 is 1.39 bits per heavy atom. The van der Waals surface area contributed by atoms with E-state index in [1.807, 2.05) is 13.0 Å². The van der Waals surface area contributed by atoms with Gasteiger partial charge in [0.2, 0.25) is 0 Å². The van der Waals surface area contributed by atoms with Gasteiger partial charge in [-0.15, -0.1) is 0 Å². The van der Waals surface area contributed by atoms with Crippen LogP contribution in [0.1, 0.15) is 43.2 Å². The average molecular weight is 258 g/mol. The minimum atomic E-state index is -3.05. The summed E-state index contributed by atoms with van der Waals surface area (Å²) in [6.07, 6.45) is -1.34. The van der Waals surface area contributed by atoms with Gasteiger partial charge < -0.3 is 4.74 Å². The van der Waals surface area contributed by atoms with E-state index in [-0.39, 0.29) is 31.2 Å². The zero-order valence-corrected chi connectivity index (χ0v) is 10.4. The van der Waals surface area contributed by atoms with Crippen LogP contribution >= 0.6 is 0 Å². The van der Waals surface area contributed by atoms with Crippen molar-refractivity contribution < 1.29 is 17.9 Å². The third kappa shape index (κ3) is 3.05. The van der Waals surface area contributed by atoms with Crippen molar-refractivity contribution in [1.29, 1.82) is 0 Å². The van der Waals surface area contributed by atoms with Crippen LogP contribution in [0.4, 0.5) is 13.2 Å². The Balaban J connectivity index is 2.10. The van der Waals surface area contributed by atoms with Gasteiger partial charge in [0.15, 0.2) is 0 Å². The summed E-state index contributed by atoms with van der Waals surface area (Å²) in [5, 5.41) is 0. The average Bonchev–Trinajstić information content (AvgIpc) is 2.31. The van der Waals surface area contributed by atoms with Crippen molar-refractivity contribution in [3.63, 3.8) is 0 Å². The predicted molar refractivity (Wildman–Crippen MR) is 63.3 cm³/mol. The lowest BCUT2D eigenvalue weighted by atomic mass is 9.91. The Kier molecular flexibility index (Phi) is 3.95. The Morgan fingerprint density at radius 3 is 2.72 bits per heavy atom. The summed E-state index contributed by atoms with van der Waals surface area (Å²) in [6, 6.07) is 5.08. The van der Waals surface area contributed by atoms with E-state index in [1.165, 1.54) is 6.07 Å². The second kappa shape index (κ2) is 5.31. The lowest BCUT2D eigenvalue weighted by Crippen LogP contribution is -2.30. The second-order valence-corrected chi connectivity index (χ2v) is 4.79. The molecule has 0 N–H and O–H groups in total. The Hall–Kier alpha value is -1.03. The van der Waals surface area contributed by atoms with Crippen LogP contribution in [0.2, 0.25) is 0 Å². The van der Waals surface area contributed by atoms with Crippen molar-refractivity contribution in [3.8, 4) is 0 Å². The molecular weight excluding hydrogens is 241 g/mol. The van der Waals surface area contributed by atoms with Crippen molar-refractivity contribution in [1.82, 2.24) is 0 Å². The van der Waals surface area contributed by atoms with Crippen LogP contribution in [0.15, 0.2) is 18.2 Å². The summed E-state index contributed by atoms with van der Waals surface area (Å²) in [5.41, 5.74) is 1.44. The molecule has 1 fully saturated rings. The van der Waals surface area contributed by atoms with Crippen molar-refractivity contribution in [2.75, 3.05) is 6.61 Å². The summed E-state index contributed by atoms with van der Waals surface area (Å²) in [7, 11) is 0. The number of benzene rings is 1. The van der Waals surface area contributed by atoms with Gasteiger partial charge >= 0.3 is 6.11 Å². The molecule has 1 aromatic carbocycles. The molecule has 2 rings (SSSR count). The van der Waals surface area contributed by atoms with Gasteiger partial charge in [0.25, 0.3) is 0 Å². The van der Waals surface area contributed by atoms with Crippen molar-refractivity contribution in [2.45, 2.75) is 44.6 Å². The van der Waals surface area contributed by atoms with Gasteiger partial charge in [-0.2, -0.15) is 8.78 Å². The molecule has 100 valence electrons. The predicted octanol–water partition coefficient (Wildman–Crippen LogP) is 4.27. The standard InChI is InChI=1S/C14H17F3O/c1-2-3-10-4-5-12(13(15)8-10)11-6-7-14(16,17)18-9-11/h4-5,8,11H,2-3,6-7,9H2,1H3. The third-order valence-electron chi connectivity index (χ3n) is 3.32. The molecular formula is C14H17F3O. The fourth-order valence-corrected chi connectivity index (χ4v) is 2.31. The lowest BCUT2D eigenvalue weighted by molar-refractivity contribution is -0.261. The quantitative estimate of drug-likeness (QED) is 0.787. The lowest BCUT2D eigenvalue weighted by Gasteiger charge is -2.28. The molecule has 0 radical (unpaired) electrons. The largest absolute Gasteiger partial charge is 0.355 e. The van der Waals surface area contributed by atoms with Crippen LogP contribution < -0.4 is 0 Å². The first-order valence-electron chi connectivity index (χ1n) is 6.32. The number of hydrogen-bond donors (Lipinski definition) is 0. The Labute approximate surface area is 105 Å². The van der Waals surface area contributed by atoms with Gasteiger partial charge in [-0.05, 0) is 30.0 Å². The van der Waals surface area contributed by atoms with Crippen LogP contribution in [-0.4, -0.2) is 12.7 Å². The first-order chi connectivity index (χ1) is 8.52. The van der Waals surface area contributed by atoms with Gasteiger partial charge in [-0.3, -0.25) is 0 Å². The zero-order valence-electron chi connectivity index (χ0n) is 10.4. The monoisotopic (exact) mass is 258 g/mol. The molecule has 1 heterocycles. The number of halogens is 3. The highest BCUT2D eigenvalue weighted by atomic mass is 19.3. The van der Waals surface area contributed by atoms with Gasteiger partial charge in [0.1, 0.15) is 5.82 Å². The minimum Gasteiger partial charge on any atom is -0.320 e. The van der Waals surface area contributed by atoms with Gasteiger partial charge in [-0.25, -0.2) is 4.39 Å². The molecule has 1 aromatic rings. The molecule has 0 amide bonds. The summed E-state index contributed by atoms with van der Waals surface area (Å²) in [6.45, 7) is 1.92. The fourth-order valence-electron chi connectivity index (χ4n) is 2.31. The van der Waals surface area contributed by atoms with E-state index in [1.54, 1.807) is 6.07 Å². The molecule has 0 aliphatic carbocycles. The highest BCUT2D eigenvalue weighted by Gasteiger charge is 2.37.